The van der Waals surface area contributed by atoms with E-state index in [9.17, 15) is 5.11 Å². The zero-order chi connectivity index (χ0) is 14.7. The van der Waals surface area contributed by atoms with Gasteiger partial charge in [-0.05, 0) is 48.4 Å². The monoisotopic (exact) mass is 279 g/mol. The van der Waals surface area contributed by atoms with Gasteiger partial charge in [0, 0.05) is 29.5 Å². The molecule has 0 fully saturated rings. The fourth-order valence-electron chi connectivity index (χ4n) is 2.32. The van der Waals surface area contributed by atoms with Gasteiger partial charge in [-0.3, -0.25) is 4.98 Å². The quantitative estimate of drug-likeness (QED) is 0.641. The predicted molar refractivity (Wildman–Crippen MR) is 86.5 cm³/mol. The molecule has 0 atom stereocenters. The summed E-state index contributed by atoms with van der Waals surface area (Å²) in [6, 6.07) is 15.0. The lowest BCUT2D eigenvalue weighted by molar-refractivity contribution is 0.475. The number of aromatic nitrogens is 1. The molecular formula is C17H17N3O. The Morgan fingerprint density at radius 1 is 1.05 bits per heavy atom. The van der Waals surface area contributed by atoms with Gasteiger partial charge in [-0.2, -0.15) is 0 Å². The number of hydrogen-bond donors (Lipinski definition) is 3. The van der Waals surface area contributed by atoms with Crippen LogP contribution in [0.25, 0.3) is 10.9 Å². The number of rotatable bonds is 4. The van der Waals surface area contributed by atoms with Crippen LogP contribution in [-0.2, 0) is 6.42 Å². The molecule has 0 spiro atoms. The largest absolute Gasteiger partial charge is 0.508 e. The molecule has 0 radical (unpaired) electrons. The van der Waals surface area contributed by atoms with Crippen LogP contribution < -0.4 is 11.1 Å². The Hall–Kier alpha value is -2.75. The molecule has 2 aromatic carbocycles. The average molecular weight is 279 g/mol. The van der Waals surface area contributed by atoms with Crippen molar-refractivity contribution in [3.05, 3.63) is 60.3 Å². The lowest BCUT2D eigenvalue weighted by atomic mass is 10.1. The van der Waals surface area contributed by atoms with E-state index in [2.05, 4.69) is 10.3 Å². The van der Waals surface area contributed by atoms with Crippen LogP contribution in [0.15, 0.2) is 54.7 Å². The molecule has 0 aliphatic carbocycles. The second kappa shape index (κ2) is 5.71. The maximum Gasteiger partial charge on any atom is 0.115 e. The standard InChI is InChI=1S/C17H17N3O/c18-13-3-6-15-16(8-10-20-17(15)11-13)19-9-7-12-1-4-14(21)5-2-12/h1-6,8,10-11,21H,7,9,18H2,(H,19,20). The molecule has 1 heterocycles. The van der Waals surface area contributed by atoms with E-state index in [1.54, 1.807) is 18.3 Å². The number of anilines is 2. The van der Waals surface area contributed by atoms with Crippen molar-refractivity contribution >= 4 is 22.3 Å². The van der Waals surface area contributed by atoms with E-state index >= 15 is 0 Å². The lowest BCUT2D eigenvalue weighted by Gasteiger charge is -2.10. The van der Waals surface area contributed by atoms with Crippen LogP contribution >= 0.6 is 0 Å². The topological polar surface area (TPSA) is 71.2 Å². The van der Waals surface area contributed by atoms with Gasteiger partial charge in [-0.25, -0.2) is 0 Å². The zero-order valence-electron chi connectivity index (χ0n) is 11.6. The molecule has 0 bridgehead atoms. The van der Waals surface area contributed by atoms with E-state index in [1.165, 1.54) is 5.56 Å². The van der Waals surface area contributed by atoms with Gasteiger partial charge < -0.3 is 16.2 Å². The Morgan fingerprint density at radius 2 is 1.86 bits per heavy atom. The molecule has 106 valence electrons. The number of nitrogens with zero attached hydrogens (tertiary/aromatic N) is 1. The van der Waals surface area contributed by atoms with Gasteiger partial charge in [0.05, 0.1) is 5.52 Å². The maximum atomic E-state index is 9.27. The van der Waals surface area contributed by atoms with Crippen LogP contribution in [0.2, 0.25) is 0 Å². The highest BCUT2D eigenvalue weighted by molar-refractivity contribution is 5.92. The van der Waals surface area contributed by atoms with E-state index in [0.29, 0.717) is 5.75 Å². The smallest absolute Gasteiger partial charge is 0.115 e. The molecule has 1 aromatic heterocycles. The van der Waals surface area contributed by atoms with E-state index < -0.39 is 0 Å². The maximum absolute atomic E-state index is 9.27. The molecule has 0 saturated heterocycles. The molecular weight excluding hydrogens is 262 g/mol. The normalized spacial score (nSPS) is 10.7. The first kappa shape index (κ1) is 13.2. The number of nitrogens with two attached hydrogens (primary N) is 1. The van der Waals surface area contributed by atoms with E-state index in [4.69, 9.17) is 5.73 Å². The van der Waals surface area contributed by atoms with Gasteiger partial charge in [0.15, 0.2) is 0 Å². The SMILES string of the molecule is Nc1ccc2c(NCCc3ccc(O)cc3)ccnc2c1. The van der Waals surface area contributed by atoms with Crippen molar-refractivity contribution in [2.75, 3.05) is 17.6 Å². The summed E-state index contributed by atoms with van der Waals surface area (Å²) in [5.74, 6) is 0.296. The van der Waals surface area contributed by atoms with Gasteiger partial charge in [-0.1, -0.05) is 12.1 Å². The number of hydrogen-bond acceptors (Lipinski definition) is 4. The van der Waals surface area contributed by atoms with Crippen LogP contribution in [0, 0.1) is 0 Å². The van der Waals surface area contributed by atoms with Crippen LogP contribution in [0.4, 0.5) is 11.4 Å². The second-order valence-corrected chi connectivity index (χ2v) is 4.98. The van der Waals surface area contributed by atoms with Gasteiger partial charge in [-0.15, -0.1) is 0 Å². The third-order valence-corrected chi connectivity index (χ3v) is 3.43. The molecule has 0 aliphatic heterocycles. The highest BCUT2D eigenvalue weighted by Crippen LogP contribution is 2.23. The first-order valence-corrected chi connectivity index (χ1v) is 6.88. The Labute approximate surface area is 123 Å². The Morgan fingerprint density at radius 3 is 2.67 bits per heavy atom. The number of aromatic hydroxyl groups is 1. The van der Waals surface area contributed by atoms with E-state index in [1.807, 2.05) is 36.4 Å². The first-order chi connectivity index (χ1) is 10.2. The van der Waals surface area contributed by atoms with Crippen LogP contribution in [0.1, 0.15) is 5.56 Å². The van der Waals surface area contributed by atoms with Gasteiger partial charge in [0.25, 0.3) is 0 Å². The second-order valence-electron chi connectivity index (χ2n) is 4.98. The average Bonchev–Trinajstić information content (AvgIpc) is 2.49. The summed E-state index contributed by atoms with van der Waals surface area (Å²) >= 11 is 0. The molecule has 0 aliphatic rings. The zero-order valence-corrected chi connectivity index (χ0v) is 11.6. The number of pyridine rings is 1. The summed E-state index contributed by atoms with van der Waals surface area (Å²) in [6.45, 7) is 0.814. The number of phenolic OH excluding ortho intramolecular Hbond substituents is 1. The minimum Gasteiger partial charge on any atom is -0.508 e. The van der Waals surface area contributed by atoms with Crippen LogP contribution in [0.5, 0.6) is 5.75 Å². The van der Waals surface area contributed by atoms with Crippen molar-refractivity contribution in [1.29, 1.82) is 0 Å². The molecule has 4 nitrogen and oxygen atoms in total. The van der Waals surface area contributed by atoms with Crippen molar-refractivity contribution in [3.63, 3.8) is 0 Å². The number of nitrogens with one attached hydrogen (secondary N) is 1. The minimum atomic E-state index is 0.296. The van der Waals surface area contributed by atoms with Crippen molar-refractivity contribution in [2.45, 2.75) is 6.42 Å². The third-order valence-electron chi connectivity index (χ3n) is 3.43. The first-order valence-electron chi connectivity index (χ1n) is 6.88. The summed E-state index contributed by atoms with van der Waals surface area (Å²) < 4.78 is 0. The molecule has 0 unspecified atom stereocenters. The predicted octanol–water partition coefficient (Wildman–Crippen LogP) is 3.18. The molecule has 3 rings (SSSR count). The van der Waals surface area contributed by atoms with Crippen molar-refractivity contribution in [3.8, 4) is 5.75 Å². The Balaban J connectivity index is 1.72. The third kappa shape index (κ3) is 3.05. The fourth-order valence-corrected chi connectivity index (χ4v) is 2.32. The van der Waals surface area contributed by atoms with Crippen molar-refractivity contribution in [2.24, 2.45) is 0 Å². The Bertz CT molecular complexity index is 754. The molecule has 0 amide bonds. The number of fused-ring (bicyclic) bond motifs is 1. The van der Waals surface area contributed by atoms with Gasteiger partial charge >= 0.3 is 0 Å². The number of nitrogen functional groups attached to an aromatic ring is 1. The lowest BCUT2D eigenvalue weighted by Crippen LogP contribution is -2.05. The summed E-state index contributed by atoms with van der Waals surface area (Å²) in [5.41, 5.74) is 9.63. The fraction of sp³-hybridized carbons (Fsp3) is 0.118. The Kier molecular flexibility index (Phi) is 3.60. The van der Waals surface area contributed by atoms with Crippen LogP contribution in [0.3, 0.4) is 0 Å². The summed E-state index contributed by atoms with van der Waals surface area (Å²) in [7, 11) is 0. The molecule has 0 saturated carbocycles. The molecule has 3 aromatic rings. The van der Waals surface area contributed by atoms with Gasteiger partial charge in [0.2, 0.25) is 0 Å². The summed E-state index contributed by atoms with van der Waals surface area (Å²) in [6.07, 6.45) is 2.67. The summed E-state index contributed by atoms with van der Waals surface area (Å²) in [4.78, 5) is 4.33. The molecule has 21 heavy (non-hydrogen) atoms. The van der Waals surface area contributed by atoms with Crippen molar-refractivity contribution < 1.29 is 5.11 Å². The molecule has 4 N–H and O–H groups in total. The number of benzene rings is 2. The highest BCUT2D eigenvalue weighted by atomic mass is 16.3. The van der Waals surface area contributed by atoms with Crippen LogP contribution in [-0.4, -0.2) is 16.6 Å². The highest BCUT2D eigenvalue weighted by Gasteiger charge is 2.02. The van der Waals surface area contributed by atoms with E-state index in [0.717, 1.165) is 35.2 Å². The summed E-state index contributed by atoms with van der Waals surface area (Å²) in [5, 5.41) is 13.8. The minimum absolute atomic E-state index is 0.296. The van der Waals surface area contributed by atoms with E-state index in [-0.39, 0.29) is 0 Å². The molecule has 4 heteroatoms. The van der Waals surface area contributed by atoms with Gasteiger partial charge in [0.1, 0.15) is 5.75 Å². The number of phenols is 1. The van der Waals surface area contributed by atoms with Crippen molar-refractivity contribution in [1.82, 2.24) is 4.98 Å².